The number of anilines is 1. The Bertz CT molecular complexity index is 892. The number of hydrogen-bond donors (Lipinski definition) is 1. The second-order valence-electron chi connectivity index (χ2n) is 4.97. The van der Waals surface area contributed by atoms with Gasteiger partial charge in [-0.05, 0) is 25.1 Å². The van der Waals surface area contributed by atoms with Crippen LogP contribution in [-0.2, 0) is 7.05 Å². The molecule has 1 N–H and O–H groups in total. The predicted molar refractivity (Wildman–Crippen MR) is 82.3 cm³/mol. The third kappa shape index (κ3) is 2.97. The average molecular weight is 328 g/mol. The number of aromatic nitrogens is 4. The maximum Gasteiger partial charge on any atom is 0.322 e. The van der Waals surface area contributed by atoms with E-state index in [2.05, 4.69) is 20.6 Å². The summed E-state index contributed by atoms with van der Waals surface area (Å²) in [5, 5.41) is 24.8. The van der Waals surface area contributed by atoms with Crippen molar-refractivity contribution >= 4 is 17.6 Å². The molecule has 1 amide bonds. The fourth-order valence-corrected chi connectivity index (χ4v) is 1.95. The van der Waals surface area contributed by atoms with Gasteiger partial charge in [0.1, 0.15) is 5.69 Å². The first-order valence-electron chi connectivity index (χ1n) is 6.84. The fraction of sp³-hybridized carbons (Fsp3) is 0.143. The third-order valence-corrected chi connectivity index (χ3v) is 3.32. The van der Waals surface area contributed by atoms with Crippen molar-refractivity contribution in [3.63, 3.8) is 0 Å². The van der Waals surface area contributed by atoms with Crippen LogP contribution < -0.4 is 5.32 Å². The van der Waals surface area contributed by atoms with Gasteiger partial charge in [0.05, 0.1) is 4.92 Å². The molecule has 0 bridgehead atoms. The molecule has 0 fully saturated rings. The van der Waals surface area contributed by atoms with Gasteiger partial charge in [0, 0.05) is 30.4 Å². The van der Waals surface area contributed by atoms with E-state index in [0.29, 0.717) is 5.69 Å². The molecule has 0 unspecified atom stereocenters. The van der Waals surface area contributed by atoms with Crippen LogP contribution in [0.15, 0.2) is 34.7 Å². The van der Waals surface area contributed by atoms with Gasteiger partial charge in [-0.1, -0.05) is 5.10 Å². The summed E-state index contributed by atoms with van der Waals surface area (Å²) in [6, 6.07) is 6.85. The standard InChI is InChI=1S/C14H12N6O4/c1-8-7-11(18-19(8)2)13-16-17-14(24-13)15-12(21)9-3-5-10(6-4-9)20(22)23/h3-7H,1-2H3,(H,15,17,21). The molecule has 0 atom stereocenters. The van der Waals surface area contributed by atoms with Crippen LogP contribution in [0.25, 0.3) is 11.6 Å². The molecule has 3 aromatic rings. The molecule has 0 saturated carbocycles. The molecule has 24 heavy (non-hydrogen) atoms. The van der Waals surface area contributed by atoms with Gasteiger partial charge >= 0.3 is 6.01 Å². The van der Waals surface area contributed by atoms with Crippen molar-refractivity contribution in [3.05, 3.63) is 51.7 Å². The minimum atomic E-state index is -0.541. The average Bonchev–Trinajstić information content (AvgIpc) is 3.14. The van der Waals surface area contributed by atoms with E-state index in [-0.39, 0.29) is 23.2 Å². The minimum Gasteiger partial charge on any atom is -0.401 e. The topological polar surface area (TPSA) is 129 Å². The van der Waals surface area contributed by atoms with Gasteiger partial charge in [-0.3, -0.25) is 24.9 Å². The number of nitro benzene ring substituents is 1. The Labute approximate surface area is 135 Å². The smallest absolute Gasteiger partial charge is 0.322 e. The SMILES string of the molecule is Cc1cc(-c2nnc(NC(=O)c3ccc([N+](=O)[O-])cc3)o2)nn1C. The second-order valence-corrected chi connectivity index (χ2v) is 4.97. The first-order chi connectivity index (χ1) is 11.4. The number of aryl methyl sites for hydroxylation is 2. The molecule has 10 nitrogen and oxygen atoms in total. The number of non-ortho nitro benzene ring substituents is 1. The lowest BCUT2D eigenvalue weighted by Gasteiger charge is -1.99. The van der Waals surface area contributed by atoms with Crippen LogP contribution in [-0.4, -0.2) is 30.8 Å². The van der Waals surface area contributed by atoms with Crippen LogP contribution in [0.1, 0.15) is 16.1 Å². The van der Waals surface area contributed by atoms with Gasteiger partial charge in [0.2, 0.25) is 0 Å². The van der Waals surface area contributed by atoms with E-state index >= 15 is 0 Å². The zero-order valence-electron chi connectivity index (χ0n) is 12.8. The summed E-state index contributed by atoms with van der Waals surface area (Å²) in [7, 11) is 1.78. The van der Waals surface area contributed by atoms with Crippen molar-refractivity contribution in [1.82, 2.24) is 20.0 Å². The number of carbonyl (C=O) groups is 1. The molecule has 0 spiro atoms. The van der Waals surface area contributed by atoms with Gasteiger partial charge < -0.3 is 4.42 Å². The Kier molecular flexibility index (Phi) is 3.78. The Hall–Kier alpha value is -3.56. The summed E-state index contributed by atoms with van der Waals surface area (Å²) in [6.45, 7) is 1.88. The lowest BCUT2D eigenvalue weighted by Crippen LogP contribution is -2.12. The highest BCUT2D eigenvalue weighted by molar-refractivity contribution is 6.03. The Morgan fingerprint density at radius 3 is 2.58 bits per heavy atom. The van der Waals surface area contributed by atoms with Gasteiger partial charge in [-0.25, -0.2) is 0 Å². The molecule has 0 aliphatic heterocycles. The predicted octanol–water partition coefficient (Wildman–Crippen LogP) is 1.94. The monoisotopic (exact) mass is 328 g/mol. The summed E-state index contributed by atoms with van der Waals surface area (Å²) >= 11 is 0. The molecular weight excluding hydrogens is 316 g/mol. The summed E-state index contributed by atoms with van der Waals surface area (Å²) in [5.41, 5.74) is 1.55. The number of amides is 1. The van der Waals surface area contributed by atoms with E-state index in [1.165, 1.54) is 24.3 Å². The molecule has 0 aliphatic carbocycles. The zero-order valence-corrected chi connectivity index (χ0v) is 12.8. The molecule has 122 valence electrons. The number of hydrogen-bond acceptors (Lipinski definition) is 7. The molecule has 2 aromatic heterocycles. The van der Waals surface area contributed by atoms with Gasteiger partial charge in [0.15, 0.2) is 0 Å². The summed E-state index contributed by atoms with van der Waals surface area (Å²) in [5.74, 6) is -0.338. The molecule has 10 heteroatoms. The van der Waals surface area contributed by atoms with Crippen molar-refractivity contribution in [2.45, 2.75) is 6.92 Å². The molecule has 2 heterocycles. The molecule has 3 rings (SSSR count). The van der Waals surface area contributed by atoms with Gasteiger partial charge in [0.25, 0.3) is 17.5 Å². The van der Waals surface area contributed by atoms with Crippen molar-refractivity contribution in [3.8, 4) is 11.6 Å². The summed E-state index contributed by atoms with van der Waals surface area (Å²) in [4.78, 5) is 22.1. The first-order valence-corrected chi connectivity index (χ1v) is 6.84. The molecule has 1 aromatic carbocycles. The van der Waals surface area contributed by atoms with Crippen LogP contribution in [0.2, 0.25) is 0 Å². The van der Waals surface area contributed by atoms with E-state index in [1.54, 1.807) is 17.8 Å². The van der Waals surface area contributed by atoms with Crippen LogP contribution in [0.4, 0.5) is 11.7 Å². The Morgan fingerprint density at radius 2 is 2.00 bits per heavy atom. The molecular formula is C14H12N6O4. The number of rotatable bonds is 4. The second kappa shape index (κ2) is 5.91. The number of nitro groups is 1. The number of nitrogens with one attached hydrogen (secondary N) is 1. The van der Waals surface area contributed by atoms with Crippen LogP contribution in [0.5, 0.6) is 0 Å². The maximum atomic E-state index is 12.1. The van der Waals surface area contributed by atoms with Crippen molar-refractivity contribution in [1.29, 1.82) is 0 Å². The van der Waals surface area contributed by atoms with Crippen LogP contribution >= 0.6 is 0 Å². The highest BCUT2D eigenvalue weighted by atomic mass is 16.6. The number of nitrogens with zero attached hydrogens (tertiary/aromatic N) is 5. The largest absolute Gasteiger partial charge is 0.401 e. The van der Waals surface area contributed by atoms with Crippen molar-refractivity contribution in [2.75, 3.05) is 5.32 Å². The number of carbonyl (C=O) groups excluding carboxylic acids is 1. The van der Waals surface area contributed by atoms with Gasteiger partial charge in [-0.2, -0.15) is 5.10 Å². The quantitative estimate of drug-likeness (QED) is 0.572. The van der Waals surface area contributed by atoms with E-state index in [1.807, 2.05) is 6.92 Å². The van der Waals surface area contributed by atoms with Crippen molar-refractivity contribution in [2.24, 2.45) is 7.05 Å². The zero-order chi connectivity index (χ0) is 17.3. The highest BCUT2D eigenvalue weighted by Crippen LogP contribution is 2.20. The number of benzene rings is 1. The molecule has 0 aliphatic rings. The lowest BCUT2D eigenvalue weighted by atomic mass is 10.2. The van der Waals surface area contributed by atoms with Crippen LogP contribution in [0, 0.1) is 17.0 Å². The lowest BCUT2D eigenvalue weighted by molar-refractivity contribution is -0.384. The first kappa shape index (κ1) is 15.3. The van der Waals surface area contributed by atoms with Gasteiger partial charge in [-0.15, -0.1) is 5.10 Å². The highest BCUT2D eigenvalue weighted by Gasteiger charge is 2.16. The molecule has 0 saturated heterocycles. The fourth-order valence-electron chi connectivity index (χ4n) is 1.95. The Morgan fingerprint density at radius 1 is 1.29 bits per heavy atom. The van der Waals surface area contributed by atoms with E-state index in [0.717, 1.165) is 5.69 Å². The minimum absolute atomic E-state index is 0.0864. The Balaban J connectivity index is 1.74. The normalized spacial score (nSPS) is 10.6. The summed E-state index contributed by atoms with van der Waals surface area (Å²) < 4.78 is 7.02. The van der Waals surface area contributed by atoms with Crippen LogP contribution in [0.3, 0.4) is 0 Å². The third-order valence-electron chi connectivity index (χ3n) is 3.32. The van der Waals surface area contributed by atoms with E-state index in [9.17, 15) is 14.9 Å². The molecule has 0 radical (unpaired) electrons. The van der Waals surface area contributed by atoms with Crippen molar-refractivity contribution < 1.29 is 14.1 Å². The maximum absolute atomic E-state index is 12.1. The van der Waals surface area contributed by atoms with E-state index in [4.69, 9.17) is 4.42 Å². The van der Waals surface area contributed by atoms with E-state index < -0.39 is 10.8 Å². The summed E-state index contributed by atoms with van der Waals surface area (Å²) in [6.07, 6.45) is 0.